The average Bonchev–Trinajstić information content (AvgIpc) is 2.57. The number of benzene rings is 1. The number of hydrogen-bond acceptors (Lipinski definition) is 7. The SMILES string of the molecule is Cc1ccc([N+](=O)[O-])cc1NC(=O)COC(=O)c1ccc(=O)n(C)n1. The number of rotatable bonds is 5. The third-order valence-corrected chi connectivity index (χ3v) is 3.21. The first-order valence-corrected chi connectivity index (χ1v) is 7.04. The number of hydrogen-bond donors (Lipinski definition) is 1. The van der Waals surface area contributed by atoms with Gasteiger partial charge in [-0.15, -0.1) is 0 Å². The smallest absolute Gasteiger partial charge is 0.359 e. The number of aromatic nitrogens is 2. The van der Waals surface area contributed by atoms with Crippen molar-refractivity contribution in [2.24, 2.45) is 7.05 Å². The van der Waals surface area contributed by atoms with Gasteiger partial charge >= 0.3 is 5.97 Å². The first-order chi connectivity index (χ1) is 11.8. The topological polar surface area (TPSA) is 133 Å². The molecule has 1 amide bonds. The van der Waals surface area contributed by atoms with E-state index < -0.39 is 29.0 Å². The Morgan fingerprint density at radius 3 is 2.68 bits per heavy atom. The van der Waals surface area contributed by atoms with E-state index in [-0.39, 0.29) is 17.1 Å². The van der Waals surface area contributed by atoms with Crippen molar-refractivity contribution < 1.29 is 19.2 Å². The normalized spacial score (nSPS) is 10.2. The fourth-order valence-electron chi connectivity index (χ4n) is 1.86. The highest BCUT2D eigenvalue weighted by atomic mass is 16.6. The van der Waals surface area contributed by atoms with Crippen LogP contribution in [0.2, 0.25) is 0 Å². The largest absolute Gasteiger partial charge is 0.451 e. The molecule has 1 aromatic carbocycles. The van der Waals surface area contributed by atoms with Crippen LogP contribution in [0.15, 0.2) is 35.1 Å². The molecule has 2 aromatic rings. The Morgan fingerprint density at radius 1 is 1.32 bits per heavy atom. The molecule has 0 spiro atoms. The molecular weight excluding hydrogens is 332 g/mol. The Labute approximate surface area is 141 Å². The Hall–Kier alpha value is -3.56. The van der Waals surface area contributed by atoms with Crippen molar-refractivity contribution in [3.05, 3.63) is 62.1 Å². The van der Waals surface area contributed by atoms with Crippen LogP contribution < -0.4 is 10.9 Å². The molecule has 25 heavy (non-hydrogen) atoms. The molecule has 10 heteroatoms. The van der Waals surface area contributed by atoms with Crippen LogP contribution in [0.4, 0.5) is 11.4 Å². The van der Waals surface area contributed by atoms with E-state index in [1.807, 2.05) is 0 Å². The van der Waals surface area contributed by atoms with Crippen molar-refractivity contribution >= 4 is 23.3 Å². The molecular formula is C15H14N4O6. The molecule has 1 heterocycles. The summed E-state index contributed by atoms with van der Waals surface area (Å²) in [6.07, 6.45) is 0. The summed E-state index contributed by atoms with van der Waals surface area (Å²) >= 11 is 0. The summed E-state index contributed by atoms with van der Waals surface area (Å²) in [4.78, 5) is 45.1. The Balaban J connectivity index is 2.00. The zero-order chi connectivity index (χ0) is 18.6. The molecule has 0 aliphatic heterocycles. The van der Waals surface area contributed by atoms with Crippen LogP contribution in [0.3, 0.4) is 0 Å². The van der Waals surface area contributed by atoms with Crippen LogP contribution in [0, 0.1) is 17.0 Å². The predicted molar refractivity (Wildman–Crippen MR) is 86.2 cm³/mol. The molecule has 0 radical (unpaired) electrons. The molecule has 10 nitrogen and oxygen atoms in total. The van der Waals surface area contributed by atoms with Crippen LogP contribution in [0.1, 0.15) is 16.1 Å². The van der Waals surface area contributed by atoms with Crippen LogP contribution in [-0.4, -0.2) is 33.2 Å². The van der Waals surface area contributed by atoms with Gasteiger partial charge in [0.1, 0.15) is 0 Å². The standard InChI is InChI=1S/C15H14N4O6/c1-9-3-4-10(19(23)24)7-12(9)16-13(20)8-25-15(22)11-5-6-14(21)18(2)17-11/h3-7H,8H2,1-2H3,(H,16,20). The van der Waals surface area contributed by atoms with Gasteiger partial charge in [0, 0.05) is 25.2 Å². The molecule has 0 aliphatic carbocycles. The molecule has 1 aromatic heterocycles. The number of non-ortho nitro benzene ring substituents is 1. The lowest BCUT2D eigenvalue weighted by Gasteiger charge is -2.09. The van der Waals surface area contributed by atoms with E-state index in [2.05, 4.69) is 10.4 Å². The molecule has 130 valence electrons. The zero-order valence-electron chi connectivity index (χ0n) is 13.4. The second kappa shape index (κ2) is 7.34. The van der Waals surface area contributed by atoms with Gasteiger partial charge in [0.15, 0.2) is 12.3 Å². The van der Waals surface area contributed by atoms with Gasteiger partial charge in [0.05, 0.1) is 10.6 Å². The third-order valence-electron chi connectivity index (χ3n) is 3.21. The van der Waals surface area contributed by atoms with E-state index >= 15 is 0 Å². The number of carbonyl (C=O) groups is 2. The van der Waals surface area contributed by atoms with Crippen LogP contribution in [0.25, 0.3) is 0 Å². The Morgan fingerprint density at radius 2 is 2.04 bits per heavy atom. The first kappa shape index (κ1) is 17.8. The van der Waals surface area contributed by atoms with E-state index in [0.717, 1.165) is 10.7 Å². The summed E-state index contributed by atoms with van der Waals surface area (Å²) in [5.74, 6) is -1.54. The minimum atomic E-state index is -0.874. The van der Waals surface area contributed by atoms with E-state index in [0.29, 0.717) is 5.56 Å². The number of esters is 1. The maximum absolute atomic E-state index is 11.9. The molecule has 0 unspecified atom stereocenters. The number of nitrogens with one attached hydrogen (secondary N) is 1. The van der Waals surface area contributed by atoms with Gasteiger partial charge in [-0.25, -0.2) is 9.48 Å². The lowest BCUT2D eigenvalue weighted by molar-refractivity contribution is -0.384. The van der Waals surface area contributed by atoms with Crippen molar-refractivity contribution in [2.75, 3.05) is 11.9 Å². The summed E-state index contributed by atoms with van der Waals surface area (Å²) in [5, 5.41) is 16.9. The van der Waals surface area contributed by atoms with Crippen molar-refractivity contribution in [1.82, 2.24) is 9.78 Å². The molecule has 1 N–H and O–H groups in total. The van der Waals surface area contributed by atoms with Gasteiger partial charge in [-0.1, -0.05) is 6.07 Å². The van der Waals surface area contributed by atoms with Gasteiger partial charge in [0.2, 0.25) is 0 Å². The first-order valence-electron chi connectivity index (χ1n) is 7.04. The number of nitro benzene ring substituents is 1. The number of carbonyl (C=O) groups excluding carboxylic acids is 2. The summed E-state index contributed by atoms with van der Waals surface area (Å²) in [7, 11) is 1.37. The van der Waals surface area contributed by atoms with Gasteiger partial charge in [-0.3, -0.25) is 19.7 Å². The summed E-state index contributed by atoms with van der Waals surface area (Å²) in [5.41, 5.74) is 0.171. The highest BCUT2D eigenvalue weighted by Crippen LogP contribution is 2.21. The molecule has 0 saturated carbocycles. The van der Waals surface area contributed by atoms with Gasteiger partial charge in [0.25, 0.3) is 17.2 Å². The Bertz CT molecular complexity index is 905. The minimum Gasteiger partial charge on any atom is -0.451 e. The van der Waals surface area contributed by atoms with Gasteiger partial charge in [-0.2, -0.15) is 5.10 Å². The lowest BCUT2D eigenvalue weighted by atomic mass is 10.2. The summed E-state index contributed by atoms with van der Waals surface area (Å²) in [6.45, 7) is 1.06. The fraction of sp³-hybridized carbons (Fsp3) is 0.200. The predicted octanol–water partition coefficient (Wildman–Crippen LogP) is 0.792. The number of ether oxygens (including phenoxy) is 1. The Kier molecular flexibility index (Phi) is 5.22. The number of amides is 1. The monoisotopic (exact) mass is 346 g/mol. The summed E-state index contributed by atoms with van der Waals surface area (Å²) in [6, 6.07) is 6.36. The second-order valence-corrected chi connectivity index (χ2v) is 5.06. The van der Waals surface area contributed by atoms with Crippen LogP contribution in [-0.2, 0) is 16.6 Å². The number of aryl methyl sites for hydroxylation is 2. The molecule has 0 bridgehead atoms. The van der Waals surface area contributed by atoms with E-state index in [9.17, 15) is 24.5 Å². The lowest BCUT2D eigenvalue weighted by Crippen LogP contribution is -2.24. The van der Waals surface area contributed by atoms with Crippen molar-refractivity contribution in [3.8, 4) is 0 Å². The highest BCUT2D eigenvalue weighted by molar-refractivity contribution is 5.95. The highest BCUT2D eigenvalue weighted by Gasteiger charge is 2.15. The van der Waals surface area contributed by atoms with Gasteiger partial charge < -0.3 is 10.1 Å². The second-order valence-electron chi connectivity index (χ2n) is 5.06. The number of anilines is 1. The maximum atomic E-state index is 11.9. The minimum absolute atomic E-state index is 0.124. The van der Waals surface area contributed by atoms with Crippen LogP contribution in [0.5, 0.6) is 0 Å². The average molecular weight is 346 g/mol. The quantitative estimate of drug-likeness (QED) is 0.480. The maximum Gasteiger partial charge on any atom is 0.359 e. The fourth-order valence-corrected chi connectivity index (χ4v) is 1.86. The number of nitro groups is 1. The third kappa shape index (κ3) is 4.47. The van der Waals surface area contributed by atoms with Gasteiger partial charge in [-0.05, 0) is 18.6 Å². The van der Waals surface area contributed by atoms with E-state index in [4.69, 9.17) is 4.74 Å². The van der Waals surface area contributed by atoms with Crippen LogP contribution >= 0.6 is 0 Å². The molecule has 0 atom stereocenters. The van der Waals surface area contributed by atoms with E-state index in [1.165, 1.54) is 31.3 Å². The van der Waals surface area contributed by atoms with E-state index in [1.54, 1.807) is 6.92 Å². The summed E-state index contributed by atoms with van der Waals surface area (Å²) < 4.78 is 5.77. The van der Waals surface area contributed by atoms with Crippen molar-refractivity contribution in [1.29, 1.82) is 0 Å². The van der Waals surface area contributed by atoms with Crippen molar-refractivity contribution in [3.63, 3.8) is 0 Å². The molecule has 2 rings (SSSR count). The molecule has 0 fully saturated rings. The number of nitrogens with zero attached hydrogens (tertiary/aromatic N) is 3. The molecule has 0 aliphatic rings. The molecule has 0 saturated heterocycles. The zero-order valence-corrected chi connectivity index (χ0v) is 13.4. The van der Waals surface area contributed by atoms with Crippen molar-refractivity contribution in [2.45, 2.75) is 6.92 Å².